The molecule has 0 heterocycles. The summed E-state index contributed by atoms with van der Waals surface area (Å²) >= 11 is 0. The van der Waals surface area contributed by atoms with Crippen LogP contribution in [0.4, 0.5) is 8.78 Å². The second-order valence-corrected chi connectivity index (χ2v) is 17.6. The smallest absolute Gasteiger partial charge is 0.123 e. The van der Waals surface area contributed by atoms with Crippen LogP contribution < -0.4 is 10.6 Å². The molecule has 2 aromatic rings. The zero-order valence-electron chi connectivity index (χ0n) is 20.1. The van der Waals surface area contributed by atoms with Crippen LogP contribution in [0.25, 0.3) is 0 Å². The van der Waals surface area contributed by atoms with E-state index in [0.717, 1.165) is 0 Å². The van der Waals surface area contributed by atoms with Crippen LogP contribution in [0.2, 0.25) is 0 Å². The minimum Gasteiger partial charge on any atom is -0.207 e. The van der Waals surface area contributed by atoms with E-state index in [9.17, 15) is 8.78 Å². The maximum atomic E-state index is 13.7. The Morgan fingerprint density at radius 3 is 1.55 bits per heavy atom. The quantitative estimate of drug-likeness (QED) is 0.395. The molecule has 1 saturated carbocycles. The zero-order chi connectivity index (χ0) is 23.0. The SMILES string of the molecule is C[C@H]([C@@H]1CCC[C@@H]1P(c1ccc(F)cc1)c1ccc(F)cc1)P(C(C)(C)C)C(C)(C)C. The lowest BCUT2D eigenvalue weighted by molar-refractivity contribution is 0.527. The first-order chi connectivity index (χ1) is 14.4. The summed E-state index contributed by atoms with van der Waals surface area (Å²) in [5.74, 6) is 0.252. The lowest BCUT2D eigenvalue weighted by Crippen LogP contribution is -2.37. The fraction of sp³-hybridized carbons (Fsp3) is 0.556. The first-order valence-electron chi connectivity index (χ1n) is 11.5. The van der Waals surface area contributed by atoms with Gasteiger partial charge in [-0.2, -0.15) is 0 Å². The Labute approximate surface area is 190 Å². The maximum Gasteiger partial charge on any atom is 0.123 e. The van der Waals surface area contributed by atoms with Crippen molar-refractivity contribution in [2.75, 3.05) is 0 Å². The van der Waals surface area contributed by atoms with E-state index in [4.69, 9.17) is 0 Å². The molecule has 0 spiro atoms. The molecule has 0 amide bonds. The average molecular weight is 463 g/mol. The summed E-state index contributed by atoms with van der Waals surface area (Å²) in [7, 11) is -0.892. The van der Waals surface area contributed by atoms with Crippen molar-refractivity contribution in [2.45, 2.75) is 89.4 Å². The van der Waals surface area contributed by atoms with E-state index in [1.807, 2.05) is 24.3 Å². The van der Waals surface area contributed by atoms with Crippen LogP contribution in [0.5, 0.6) is 0 Å². The molecule has 0 aliphatic heterocycles. The van der Waals surface area contributed by atoms with Crippen molar-refractivity contribution in [1.82, 2.24) is 0 Å². The van der Waals surface area contributed by atoms with Gasteiger partial charge in [0.15, 0.2) is 0 Å². The topological polar surface area (TPSA) is 0 Å². The van der Waals surface area contributed by atoms with Crippen LogP contribution in [-0.2, 0) is 0 Å². The predicted molar refractivity (Wildman–Crippen MR) is 136 cm³/mol. The van der Waals surface area contributed by atoms with Gasteiger partial charge >= 0.3 is 0 Å². The van der Waals surface area contributed by atoms with Crippen LogP contribution in [-0.4, -0.2) is 21.6 Å². The summed E-state index contributed by atoms with van der Waals surface area (Å²) in [6.07, 6.45) is 3.71. The average Bonchev–Trinajstić information content (AvgIpc) is 3.12. The van der Waals surface area contributed by atoms with E-state index in [1.165, 1.54) is 29.9 Å². The van der Waals surface area contributed by atoms with Gasteiger partial charge in [-0.3, -0.25) is 0 Å². The Kier molecular flexibility index (Phi) is 7.65. The Bertz CT molecular complexity index is 787. The Hall–Kier alpha value is -0.840. The molecule has 3 rings (SSSR count). The van der Waals surface area contributed by atoms with E-state index in [1.54, 1.807) is 24.3 Å². The molecule has 0 nitrogen and oxygen atoms in total. The van der Waals surface area contributed by atoms with E-state index in [-0.39, 0.29) is 29.9 Å². The van der Waals surface area contributed by atoms with E-state index in [2.05, 4.69) is 48.5 Å². The lowest BCUT2D eigenvalue weighted by Gasteiger charge is -2.49. The molecule has 1 aliphatic carbocycles. The minimum atomic E-state index is -0.668. The molecule has 2 aromatic carbocycles. The maximum absolute atomic E-state index is 13.7. The van der Waals surface area contributed by atoms with Crippen LogP contribution in [0.3, 0.4) is 0 Å². The molecule has 31 heavy (non-hydrogen) atoms. The van der Waals surface area contributed by atoms with Gasteiger partial charge < -0.3 is 0 Å². The Morgan fingerprint density at radius 2 is 1.16 bits per heavy atom. The normalized spacial score (nSPS) is 21.1. The summed E-state index contributed by atoms with van der Waals surface area (Å²) in [4.78, 5) is 0. The summed E-state index contributed by atoms with van der Waals surface area (Å²) in [5, 5.41) is 2.99. The summed E-state index contributed by atoms with van der Waals surface area (Å²) < 4.78 is 27.4. The number of benzene rings is 2. The molecule has 1 fully saturated rings. The van der Waals surface area contributed by atoms with Gasteiger partial charge in [0.25, 0.3) is 0 Å². The van der Waals surface area contributed by atoms with Crippen molar-refractivity contribution >= 4 is 26.5 Å². The highest BCUT2D eigenvalue weighted by atomic mass is 31.1. The van der Waals surface area contributed by atoms with E-state index < -0.39 is 7.92 Å². The van der Waals surface area contributed by atoms with Gasteiger partial charge in [-0.1, -0.05) is 87.1 Å². The molecular weight excluding hydrogens is 424 g/mol. The highest BCUT2D eigenvalue weighted by Gasteiger charge is 2.46. The molecule has 0 unspecified atom stereocenters. The Balaban J connectivity index is 2.03. The molecule has 3 atom stereocenters. The van der Waals surface area contributed by atoms with Gasteiger partial charge in [-0.25, -0.2) is 8.78 Å². The largest absolute Gasteiger partial charge is 0.207 e. The third-order valence-electron chi connectivity index (χ3n) is 6.55. The first kappa shape index (κ1) is 24.8. The highest BCUT2D eigenvalue weighted by Crippen LogP contribution is 2.67. The van der Waals surface area contributed by atoms with E-state index >= 15 is 0 Å². The molecule has 4 heteroatoms. The molecule has 1 aliphatic rings. The van der Waals surface area contributed by atoms with Crippen LogP contribution in [0.15, 0.2) is 48.5 Å². The molecular formula is C27H38F2P2. The summed E-state index contributed by atoms with van der Waals surface area (Å²) in [6, 6.07) is 14.2. The molecule has 0 saturated heterocycles. The standard InChI is InChI=1S/C27H38F2P2/c1-19(31(26(2,3)4)27(5,6)7)24-9-8-10-25(24)30(22-15-11-20(28)12-16-22)23-17-13-21(29)14-18-23/h11-19,24-25H,8-10H2,1-7H3/t19-,24+,25+/m1/s1. The van der Waals surface area contributed by atoms with Crippen LogP contribution in [0.1, 0.15) is 67.7 Å². The summed E-state index contributed by atoms with van der Waals surface area (Å²) in [6.45, 7) is 17.0. The fourth-order valence-corrected chi connectivity index (χ4v) is 14.6. The molecule has 0 N–H and O–H groups in total. The molecule has 0 bridgehead atoms. The minimum absolute atomic E-state index is 0.196. The fourth-order valence-electron chi connectivity index (χ4n) is 6.01. The van der Waals surface area contributed by atoms with Gasteiger partial charge in [-0.05, 0) is 83.2 Å². The van der Waals surface area contributed by atoms with Crippen molar-refractivity contribution in [1.29, 1.82) is 0 Å². The predicted octanol–water partition coefficient (Wildman–Crippen LogP) is 8.03. The Morgan fingerprint density at radius 1 is 0.742 bits per heavy atom. The monoisotopic (exact) mass is 462 g/mol. The number of halogens is 2. The summed E-state index contributed by atoms with van der Waals surface area (Å²) in [5.41, 5.74) is 1.20. The second-order valence-electron chi connectivity index (χ2n) is 10.9. The molecule has 170 valence electrons. The highest BCUT2D eigenvalue weighted by molar-refractivity contribution is 7.73. The van der Waals surface area contributed by atoms with E-state index in [0.29, 0.717) is 17.2 Å². The van der Waals surface area contributed by atoms with Gasteiger partial charge in [0.05, 0.1) is 0 Å². The number of hydrogen-bond donors (Lipinski definition) is 0. The van der Waals surface area contributed by atoms with Crippen molar-refractivity contribution in [3.8, 4) is 0 Å². The van der Waals surface area contributed by atoms with Gasteiger partial charge in [0.1, 0.15) is 11.6 Å². The van der Waals surface area contributed by atoms with Crippen molar-refractivity contribution in [3.63, 3.8) is 0 Å². The third kappa shape index (κ3) is 5.75. The van der Waals surface area contributed by atoms with Gasteiger partial charge in [0.2, 0.25) is 0 Å². The van der Waals surface area contributed by atoms with Gasteiger partial charge in [-0.15, -0.1) is 0 Å². The third-order valence-corrected chi connectivity index (χ3v) is 13.6. The first-order valence-corrected chi connectivity index (χ1v) is 14.3. The second kappa shape index (κ2) is 9.57. The molecule has 0 radical (unpaired) electrons. The number of rotatable bonds is 5. The zero-order valence-corrected chi connectivity index (χ0v) is 21.9. The van der Waals surface area contributed by atoms with Crippen molar-refractivity contribution in [2.24, 2.45) is 5.92 Å². The molecule has 0 aromatic heterocycles. The lowest BCUT2D eigenvalue weighted by atomic mass is 10.0. The van der Waals surface area contributed by atoms with Crippen molar-refractivity contribution in [3.05, 3.63) is 60.2 Å². The van der Waals surface area contributed by atoms with Crippen LogP contribution in [0, 0.1) is 17.6 Å². The van der Waals surface area contributed by atoms with Crippen molar-refractivity contribution < 1.29 is 8.78 Å². The van der Waals surface area contributed by atoms with Gasteiger partial charge in [0, 0.05) is 0 Å². The number of hydrogen-bond acceptors (Lipinski definition) is 0. The van der Waals surface area contributed by atoms with Crippen LogP contribution >= 0.6 is 15.8 Å².